The number of nitriles is 1. The molecule has 1 unspecified atom stereocenters. The highest BCUT2D eigenvalue weighted by Gasteiger charge is 2.20. The van der Waals surface area contributed by atoms with Crippen molar-refractivity contribution in [1.82, 2.24) is 5.32 Å². The quantitative estimate of drug-likeness (QED) is 0.850. The lowest BCUT2D eigenvalue weighted by atomic mass is 9.97. The molecule has 1 fully saturated rings. The Kier molecular flexibility index (Phi) is 5.59. The van der Waals surface area contributed by atoms with E-state index in [1.54, 1.807) is 0 Å². The van der Waals surface area contributed by atoms with Crippen LogP contribution < -0.4 is 10.2 Å². The molecule has 0 spiro atoms. The standard InChI is InChI=1S/C15H18BrN3O2/c16-14-6-13(4-3-12(14)7-17)19-5-1-2-11(10-19)8-18-9-15(20)21/h3-4,6,11,18H,1-2,5,8-10H2,(H,20,21). The third-order valence-electron chi connectivity index (χ3n) is 3.67. The number of aliphatic carboxylic acids is 1. The van der Waals surface area contributed by atoms with Crippen LogP contribution in [0.2, 0.25) is 0 Å². The highest BCUT2D eigenvalue weighted by atomic mass is 79.9. The molecule has 6 heteroatoms. The van der Waals surface area contributed by atoms with Crippen LogP contribution >= 0.6 is 15.9 Å². The monoisotopic (exact) mass is 351 g/mol. The molecule has 21 heavy (non-hydrogen) atoms. The summed E-state index contributed by atoms with van der Waals surface area (Å²) in [7, 11) is 0. The number of nitrogens with zero attached hydrogens (tertiary/aromatic N) is 2. The molecule has 112 valence electrons. The number of rotatable bonds is 5. The van der Waals surface area contributed by atoms with Crippen molar-refractivity contribution >= 4 is 27.6 Å². The number of nitrogens with one attached hydrogen (secondary N) is 1. The zero-order chi connectivity index (χ0) is 15.2. The zero-order valence-corrected chi connectivity index (χ0v) is 13.3. The summed E-state index contributed by atoms with van der Waals surface area (Å²) in [5.74, 6) is -0.369. The first-order valence-corrected chi connectivity index (χ1v) is 7.76. The van der Waals surface area contributed by atoms with Crippen molar-refractivity contribution in [2.24, 2.45) is 5.92 Å². The van der Waals surface area contributed by atoms with Crippen molar-refractivity contribution in [3.8, 4) is 6.07 Å². The van der Waals surface area contributed by atoms with E-state index in [9.17, 15) is 4.79 Å². The van der Waals surface area contributed by atoms with Gasteiger partial charge in [-0.3, -0.25) is 4.79 Å². The first-order valence-electron chi connectivity index (χ1n) is 6.97. The zero-order valence-electron chi connectivity index (χ0n) is 11.7. The van der Waals surface area contributed by atoms with E-state index in [4.69, 9.17) is 10.4 Å². The molecule has 1 aromatic carbocycles. The van der Waals surface area contributed by atoms with Crippen LogP contribution in [0, 0.1) is 17.2 Å². The van der Waals surface area contributed by atoms with E-state index in [-0.39, 0.29) is 6.54 Å². The molecule has 0 amide bonds. The van der Waals surface area contributed by atoms with Gasteiger partial charge in [-0.05, 0) is 52.9 Å². The normalized spacial score (nSPS) is 18.3. The van der Waals surface area contributed by atoms with Crippen molar-refractivity contribution in [2.75, 3.05) is 31.1 Å². The number of hydrogen-bond donors (Lipinski definition) is 2. The Balaban J connectivity index is 1.96. The van der Waals surface area contributed by atoms with Gasteiger partial charge in [0.05, 0.1) is 12.1 Å². The van der Waals surface area contributed by atoms with Gasteiger partial charge in [-0.25, -0.2) is 0 Å². The lowest BCUT2D eigenvalue weighted by Gasteiger charge is -2.34. The predicted octanol–water partition coefficient (Wildman–Crippen LogP) is 2.21. The third kappa shape index (κ3) is 4.45. The van der Waals surface area contributed by atoms with Gasteiger partial charge in [0.1, 0.15) is 6.07 Å². The SMILES string of the molecule is N#Cc1ccc(N2CCCC(CNCC(=O)O)C2)cc1Br. The highest BCUT2D eigenvalue weighted by molar-refractivity contribution is 9.10. The van der Waals surface area contributed by atoms with Gasteiger partial charge in [-0.1, -0.05) is 0 Å². The van der Waals surface area contributed by atoms with Crippen LogP contribution in [-0.4, -0.2) is 37.3 Å². The summed E-state index contributed by atoms with van der Waals surface area (Å²) in [5, 5.41) is 20.6. The van der Waals surface area contributed by atoms with E-state index in [0.717, 1.165) is 42.6 Å². The first-order chi connectivity index (χ1) is 10.1. The maximum Gasteiger partial charge on any atom is 0.317 e. The van der Waals surface area contributed by atoms with E-state index in [2.05, 4.69) is 32.2 Å². The molecule has 5 nitrogen and oxygen atoms in total. The Morgan fingerprint density at radius 2 is 2.38 bits per heavy atom. The second-order valence-corrected chi connectivity index (χ2v) is 6.11. The van der Waals surface area contributed by atoms with E-state index in [1.807, 2.05) is 18.2 Å². The highest BCUT2D eigenvalue weighted by Crippen LogP contribution is 2.27. The largest absolute Gasteiger partial charge is 0.480 e. The molecule has 0 radical (unpaired) electrons. The Morgan fingerprint density at radius 3 is 3.05 bits per heavy atom. The summed E-state index contributed by atoms with van der Waals surface area (Å²) in [6.07, 6.45) is 2.21. The molecule has 0 aliphatic carbocycles. The molecule has 2 N–H and O–H groups in total. The minimum atomic E-state index is -0.821. The predicted molar refractivity (Wildman–Crippen MR) is 84.3 cm³/mol. The van der Waals surface area contributed by atoms with Crippen LogP contribution in [0.3, 0.4) is 0 Å². The molecule has 1 aliphatic heterocycles. The van der Waals surface area contributed by atoms with E-state index >= 15 is 0 Å². The molecule has 2 rings (SSSR count). The van der Waals surface area contributed by atoms with E-state index in [0.29, 0.717) is 11.5 Å². The molecular weight excluding hydrogens is 334 g/mol. The minimum Gasteiger partial charge on any atom is -0.480 e. The maximum atomic E-state index is 10.5. The minimum absolute atomic E-state index is 0.0128. The number of anilines is 1. The molecule has 1 saturated heterocycles. The second-order valence-electron chi connectivity index (χ2n) is 5.25. The van der Waals surface area contributed by atoms with Crippen LogP contribution in [0.25, 0.3) is 0 Å². The van der Waals surface area contributed by atoms with Gasteiger partial charge in [-0.15, -0.1) is 0 Å². The Morgan fingerprint density at radius 1 is 1.57 bits per heavy atom. The smallest absolute Gasteiger partial charge is 0.317 e. The van der Waals surface area contributed by atoms with Gasteiger partial charge in [0.2, 0.25) is 0 Å². The average Bonchev–Trinajstić information content (AvgIpc) is 2.47. The van der Waals surface area contributed by atoms with Gasteiger partial charge >= 0.3 is 5.97 Å². The molecule has 1 aliphatic rings. The number of benzene rings is 1. The Hall–Kier alpha value is -1.58. The lowest BCUT2D eigenvalue weighted by molar-refractivity contribution is -0.136. The third-order valence-corrected chi connectivity index (χ3v) is 4.32. The molecule has 1 aromatic rings. The van der Waals surface area contributed by atoms with Crippen LogP contribution in [0.1, 0.15) is 18.4 Å². The van der Waals surface area contributed by atoms with Crippen LogP contribution in [0.15, 0.2) is 22.7 Å². The number of piperidine rings is 1. The lowest BCUT2D eigenvalue weighted by Crippen LogP contribution is -2.40. The molecule has 0 saturated carbocycles. The maximum absolute atomic E-state index is 10.5. The van der Waals surface area contributed by atoms with Gasteiger partial charge < -0.3 is 15.3 Å². The fourth-order valence-electron chi connectivity index (χ4n) is 2.64. The van der Waals surface area contributed by atoms with Gasteiger partial charge in [-0.2, -0.15) is 5.26 Å². The average molecular weight is 352 g/mol. The number of carbonyl (C=O) groups is 1. The topological polar surface area (TPSA) is 76.4 Å². The summed E-state index contributed by atoms with van der Waals surface area (Å²) in [6.45, 7) is 2.64. The number of carboxylic acid groups (broad SMARTS) is 1. The van der Waals surface area contributed by atoms with Crippen molar-refractivity contribution in [3.05, 3.63) is 28.2 Å². The van der Waals surface area contributed by atoms with Crippen molar-refractivity contribution in [3.63, 3.8) is 0 Å². The van der Waals surface area contributed by atoms with Gasteiger partial charge in [0.25, 0.3) is 0 Å². The number of carboxylic acids is 1. The van der Waals surface area contributed by atoms with E-state index < -0.39 is 5.97 Å². The summed E-state index contributed by atoms with van der Waals surface area (Å²) in [5.41, 5.74) is 1.74. The fourth-order valence-corrected chi connectivity index (χ4v) is 3.10. The van der Waals surface area contributed by atoms with E-state index in [1.165, 1.54) is 0 Å². The first kappa shape index (κ1) is 15.8. The molecule has 0 aromatic heterocycles. The molecule has 1 heterocycles. The van der Waals surface area contributed by atoms with Crippen molar-refractivity contribution in [2.45, 2.75) is 12.8 Å². The van der Waals surface area contributed by atoms with Gasteiger partial charge in [0.15, 0.2) is 0 Å². The summed E-state index contributed by atoms with van der Waals surface area (Å²) >= 11 is 3.42. The summed E-state index contributed by atoms with van der Waals surface area (Å²) in [4.78, 5) is 12.8. The summed E-state index contributed by atoms with van der Waals surface area (Å²) < 4.78 is 0.814. The second kappa shape index (κ2) is 7.43. The number of hydrogen-bond acceptors (Lipinski definition) is 4. The van der Waals surface area contributed by atoms with Crippen molar-refractivity contribution < 1.29 is 9.90 Å². The van der Waals surface area contributed by atoms with Crippen molar-refractivity contribution in [1.29, 1.82) is 5.26 Å². The molecular formula is C15H18BrN3O2. The molecule has 0 bridgehead atoms. The van der Waals surface area contributed by atoms with Crippen LogP contribution in [0.4, 0.5) is 5.69 Å². The Bertz CT molecular complexity index is 556. The van der Waals surface area contributed by atoms with Crippen LogP contribution in [-0.2, 0) is 4.79 Å². The van der Waals surface area contributed by atoms with Crippen LogP contribution in [0.5, 0.6) is 0 Å². The molecule has 1 atom stereocenters. The number of halogens is 1. The summed E-state index contributed by atoms with van der Waals surface area (Å²) in [6, 6.07) is 7.91. The van der Waals surface area contributed by atoms with Gasteiger partial charge in [0, 0.05) is 29.8 Å². The Labute approximate surface area is 132 Å². The fraction of sp³-hybridized carbons (Fsp3) is 0.467.